The molecule has 9 nitrogen and oxygen atoms in total. The number of hydrogen-bond acceptors (Lipinski definition) is 6. The van der Waals surface area contributed by atoms with Crippen LogP contribution in [0.2, 0.25) is 0 Å². The summed E-state index contributed by atoms with van der Waals surface area (Å²) in [6.07, 6.45) is -0.0977. The third-order valence-electron chi connectivity index (χ3n) is 6.67. The fourth-order valence-corrected chi connectivity index (χ4v) is 4.73. The number of amides is 1. The second-order valence-corrected chi connectivity index (χ2v) is 8.97. The van der Waals surface area contributed by atoms with Gasteiger partial charge in [0.05, 0.1) is 31.1 Å². The number of carbonyl (C=O) groups is 2. The Morgan fingerprint density at radius 2 is 1.77 bits per heavy atom. The maximum atomic E-state index is 13.2. The number of aliphatic carboxylic acids is 1. The molecule has 0 aromatic heterocycles. The molecular formula is C26H33N3O6. The first kappa shape index (κ1) is 26.3. The molecule has 0 spiro atoms. The van der Waals surface area contributed by atoms with Crippen molar-refractivity contribution in [2.75, 3.05) is 6.54 Å². The van der Waals surface area contributed by atoms with E-state index in [2.05, 4.69) is 10.6 Å². The van der Waals surface area contributed by atoms with Gasteiger partial charge in [-0.1, -0.05) is 80.9 Å². The quantitative estimate of drug-likeness (QED) is 0.312. The van der Waals surface area contributed by atoms with Crippen molar-refractivity contribution < 1.29 is 24.4 Å². The van der Waals surface area contributed by atoms with Crippen molar-refractivity contribution in [1.29, 1.82) is 0 Å². The van der Waals surface area contributed by atoms with Gasteiger partial charge < -0.3 is 15.2 Å². The summed E-state index contributed by atoms with van der Waals surface area (Å²) in [5, 5.41) is 27.2. The Morgan fingerprint density at radius 1 is 1.14 bits per heavy atom. The van der Waals surface area contributed by atoms with Gasteiger partial charge in [0.25, 0.3) is 0 Å². The average molecular weight is 484 g/mol. The standard InChI is InChI=1S/C26H33N3O6/c1-3-17(2)25(35-16-18-10-6-4-7-11-18)21-23(26(32)27-15-14-20(30)31)28-22(24(21)29(33)34)19-12-8-5-9-13-19/h4-13,17,21-25,28H,3,14-16H2,1-2H3,(H,27,32)(H,30,31)/t17-,21+,22-,23-,24-,25-/m0/s1. The van der Waals surface area contributed by atoms with Crippen LogP contribution >= 0.6 is 0 Å². The monoisotopic (exact) mass is 483 g/mol. The highest BCUT2D eigenvalue weighted by Crippen LogP contribution is 2.39. The topological polar surface area (TPSA) is 131 Å². The highest BCUT2D eigenvalue weighted by Gasteiger charge is 2.57. The number of benzene rings is 2. The van der Waals surface area contributed by atoms with Gasteiger partial charge in [0.1, 0.15) is 6.04 Å². The van der Waals surface area contributed by atoms with Crippen molar-refractivity contribution in [1.82, 2.24) is 10.6 Å². The predicted octanol–water partition coefficient (Wildman–Crippen LogP) is 3.18. The van der Waals surface area contributed by atoms with Gasteiger partial charge in [0, 0.05) is 11.5 Å². The van der Waals surface area contributed by atoms with Crippen molar-refractivity contribution in [2.45, 2.75) is 57.5 Å². The molecule has 1 aliphatic rings. The van der Waals surface area contributed by atoms with Crippen molar-refractivity contribution in [2.24, 2.45) is 11.8 Å². The summed E-state index contributed by atoms with van der Waals surface area (Å²) in [4.78, 5) is 36.3. The van der Waals surface area contributed by atoms with Crippen LogP contribution in [0.4, 0.5) is 0 Å². The van der Waals surface area contributed by atoms with Gasteiger partial charge in [-0.15, -0.1) is 0 Å². The summed E-state index contributed by atoms with van der Waals surface area (Å²) in [6, 6.07) is 15.9. The normalized spacial score (nSPS) is 23.4. The highest BCUT2D eigenvalue weighted by atomic mass is 16.6. The summed E-state index contributed by atoms with van der Waals surface area (Å²) in [6.45, 7) is 4.17. The molecule has 0 radical (unpaired) electrons. The van der Waals surface area contributed by atoms with Crippen LogP contribution in [0.1, 0.15) is 43.9 Å². The van der Waals surface area contributed by atoms with E-state index in [0.29, 0.717) is 12.0 Å². The van der Waals surface area contributed by atoms with E-state index in [1.165, 1.54) is 0 Å². The SMILES string of the molecule is CC[C@H](C)[C@H](OCc1ccccc1)[C@H]1[C@H]([N+](=O)[O-])[C@H](c2ccccc2)N[C@@H]1C(=O)NCCC(=O)O. The largest absolute Gasteiger partial charge is 0.481 e. The van der Waals surface area contributed by atoms with E-state index >= 15 is 0 Å². The average Bonchev–Trinajstić information content (AvgIpc) is 3.26. The van der Waals surface area contributed by atoms with Gasteiger partial charge in [-0.05, 0) is 17.0 Å². The van der Waals surface area contributed by atoms with Crippen LogP contribution in [0.3, 0.4) is 0 Å². The zero-order valence-electron chi connectivity index (χ0n) is 20.0. The smallest absolute Gasteiger partial charge is 0.305 e. The molecule has 1 fully saturated rings. The van der Waals surface area contributed by atoms with Crippen LogP contribution in [0.15, 0.2) is 60.7 Å². The first-order chi connectivity index (χ1) is 16.8. The van der Waals surface area contributed by atoms with E-state index in [1.807, 2.05) is 50.2 Å². The van der Waals surface area contributed by atoms with E-state index in [4.69, 9.17) is 9.84 Å². The molecule has 35 heavy (non-hydrogen) atoms. The van der Waals surface area contributed by atoms with Crippen molar-refractivity contribution >= 4 is 11.9 Å². The van der Waals surface area contributed by atoms with Crippen LogP contribution in [-0.4, -0.2) is 46.6 Å². The minimum Gasteiger partial charge on any atom is -0.481 e. The lowest BCUT2D eigenvalue weighted by Gasteiger charge is -2.32. The number of nitro groups is 1. The van der Waals surface area contributed by atoms with Crippen molar-refractivity contribution in [3.63, 3.8) is 0 Å². The van der Waals surface area contributed by atoms with E-state index in [0.717, 1.165) is 5.56 Å². The van der Waals surface area contributed by atoms with Crippen LogP contribution in [0.5, 0.6) is 0 Å². The van der Waals surface area contributed by atoms with Crippen LogP contribution in [-0.2, 0) is 20.9 Å². The Bertz CT molecular complexity index is 987. The van der Waals surface area contributed by atoms with Crippen LogP contribution in [0, 0.1) is 22.0 Å². The van der Waals surface area contributed by atoms with Gasteiger partial charge in [-0.3, -0.25) is 25.0 Å². The van der Waals surface area contributed by atoms with Crippen LogP contribution in [0.25, 0.3) is 0 Å². The molecule has 9 heteroatoms. The van der Waals surface area contributed by atoms with Crippen molar-refractivity contribution in [3.8, 4) is 0 Å². The number of rotatable bonds is 12. The number of hydrogen-bond donors (Lipinski definition) is 3. The van der Waals surface area contributed by atoms with E-state index < -0.39 is 42.0 Å². The number of nitrogens with zero attached hydrogens (tertiary/aromatic N) is 1. The van der Waals surface area contributed by atoms with Crippen LogP contribution < -0.4 is 10.6 Å². The summed E-state index contributed by atoms with van der Waals surface area (Å²) in [5.74, 6) is -2.32. The molecule has 0 saturated carbocycles. The summed E-state index contributed by atoms with van der Waals surface area (Å²) in [7, 11) is 0. The molecule has 1 amide bonds. The fraction of sp³-hybridized carbons (Fsp3) is 0.462. The van der Waals surface area contributed by atoms with Crippen molar-refractivity contribution in [3.05, 3.63) is 81.9 Å². The zero-order chi connectivity index (χ0) is 25.4. The highest BCUT2D eigenvalue weighted by molar-refractivity contribution is 5.83. The lowest BCUT2D eigenvalue weighted by atomic mass is 9.80. The molecule has 3 rings (SSSR count). The second kappa shape index (κ2) is 12.4. The third-order valence-corrected chi connectivity index (χ3v) is 6.67. The molecule has 2 aromatic carbocycles. The number of carbonyl (C=O) groups excluding carboxylic acids is 1. The maximum absolute atomic E-state index is 13.2. The minimum atomic E-state index is -1.11. The fourth-order valence-electron chi connectivity index (χ4n) is 4.73. The summed E-state index contributed by atoms with van der Waals surface area (Å²) < 4.78 is 6.33. The molecule has 6 atom stereocenters. The van der Waals surface area contributed by atoms with Gasteiger partial charge >= 0.3 is 5.97 Å². The van der Waals surface area contributed by atoms with E-state index in [1.54, 1.807) is 24.3 Å². The number of ether oxygens (including phenoxy) is 1. The summed E-state index contributed by atoms with van der Waals surface area (Å²) in [5.41, 5.74) is 1.65. The van der Waals surface area contributed by atoms with Gasteiger partial charge in [-0.2, -0.15) is 0 Å². The molecule has 1 saturated heterocycles. The Morgan fingerprint density at radius 3 is 2.34 bits per heavy atom. The molecule has 1 aliphatic heterocycles. The lowest BCUT2D eigenvalue weighted by molar-refractivity contribution is -0.535. The molecule has 0 bridgehead atoms. The predicted molar refractivity (Wildman–Crippen MR) is 130 cm³/mol. The Labute approximate surface area is 205 Å². The van der Waals surface area contributed by atoms with Gasteiger partial charge in [-0.25, -0.2) is 0 Å². The third kappa shape index (κ3) is 6.64. The number of nitrogens with one attached hydrogen (secondary N) is 2. The first-order valence-corrected chi connectivity index (χ1v) is 11.9. The molecule has 3 N–H and O–H groups in total. The molecular weight excluding hydrogens is 450 g/mol. The number of carboxylic acid groups (broad SMARTS) is 1. The molecule has 0 aliphatic carbocycles. The summed E-state index contributed by atoms with van der Waals surface area (Å²) >= 11 is 0. The Balaban J connectivity index is 1.96. The maximum Gasteiger partial charge on any atom is 0.305 e. The van der Waals surface area contributed by atoms with E-state index in [9.17, 15) is 19.7 Å². The molecule has 0 unspecified atom stereocenters. The minimum absolute atomic E-state index is 0.0585. The Hall–Kier alpha value is -3.30. The molecule has 1 heterocycles. The van der Waals surface area contributed by atoms with E-state index in [-0.39, 0.29) is 30.4 Å². The van der Waals surface area contributed by atoms with Gasteiger partial charge in [0.2, 0.25) is 11.9 Å². The molecule has 2 aromatic rings. The zero-order valence-corrected chi connectivity index (χ0v) is 20.0. The number of carboxylic acids is 1. The van der Waals surface area contributed by atoms with Gasteiger partial charge in [0.15, 0.2) is 0 Å². The Kier molecular flexibility index (Phi) is 9.33. The molecule has 188 valence electrons. The second-order valence-electron chi connectivity index (χ2n) is 8.97. The lowest BCUT2D eigenvalue weighted by Crippen LogP contribution is -2.51. The first-order valence-electron chi connectivity index (χ1n) is 11.9.